The van der Waals surface area contributed by atoms with Gasteiger partial charge in [0.1, 0.15) is 0 Å². The molecular weight excluding hydrogens is 899 g/mol. The van der Waals surface area contributed by atoms with Gasteiger partial charge in [-0.3, -0.25) is 9.59 Å². The molecule has 0 aromatic carbocycles. The minimum absolute atomic E-state index is 0.00158. The number of carbonyl (C=O) groups excluding carboxylic acids is 2. The molecule has 6 nitrogen and oxygen atoms in total. The summed E-state index contributed by atoms with van der Waals surface area (Å²) in [4.78, 5) is 24.6. The van der Waals surface area contributed by atoms with E-state index < -0.39 is 12.1 Å². The Morgan fingerprint density at radius 1 is 0.370 bits per heavy atom. The van der Waals surface area contributed by atoms with Crippen LogP contribution in [0.3, 0.4) is 0 Å². The van der Waals surface area contributed by atoms with E-state index in [0.717, 1.165) is 44.9 Å². The summed E-state index contributed by atoms with van der Waals surface area (Å²) in [6.07, 6.45) is 77.7. The molecule has 0 aromatic heterocycles. The Morgan fingerprint density at radius 2 is 0.644 bits per heavy atom. The smallest absolute Gasteiger partial charge is 0.305 e. The lowest BCUT2D eigenvalue weighted by Gasteiger charge is -2.22. The van der Waals surface area contributed by atoms with E-state index in [9.17, 15) is 19.8 Å². The van der Waals surface area contributed by atoms with Crippen molar-refractivity contribution in [3.8, 4) is 0 Å². The minimum Gasteiger partial charge on any atom is -0.466 e. The lowest BCUT2D eigenvalue weighted by atomic mass is 10.0. The van der Waals surface area contributed by atoms with Crippen LogP contribution in [0.5, 0.6) is 0 Å². The number of carbonyl (C=O) groups is 2. The first-order valence-electron chi connectivity index (χ1n) is 33.1. The van der Waals surface area contributed by atoms with E-state index in [0.29, 0.717) is 25.9 Å². The Kier molecular flexibility index (Phi) is 61.4. The molecule has 3 N–H and O–H groups in total. The van der Waals surface area contributed by atoms with Crippen LogP contribution in [0.4, 0.5) is 0 Å². The second-order valence-electron chi connectivity index (χ2n) is 22.8. The molecule has 2 atom stereocenters. The van der Waals surface area contributed by atoms with Gasteiger partial charge in [-0.05, 0) is 77.0 Å². The average Bonchev–Trinajstić information content (AvgIpc) is 3.39. The van der Waals surface area contributed by atoms with E-state index in [2.05, 4.69) is 43.5 Å². The van der Waals surface area contributed by atoms with Gasteiger partial charge in [-0.15, -0.1) is 0 Å². The third kappa shape index (κ3) is 59.4. The number of allylic oxidation sites excluding steroid dienone is 4. The molecule has 0 aromatic rings. The van der Waals surface area contributed by atoms with Gasteiger partial charge in [0.2, 0.25) is 5.91 Å². The van der Waals surface area contributed by atoms with Gasteiger partial charge in [0.15, 0.2) is 0 Å². The lowest BCUT2D eigenvalue weighted by Crippen LogP contribution is -2.45. The molecule has 0 fully saturated rings. The number of hydrogen-bond acceptors (Lipinski definition) is 5. The zero-order valence-electron chi connectivity index (χ0n) is 49.4. The number of amides is 1. The second kappa shape index (κ2) is 62.9. The van der Waals surface area contributed by atoms with Gasteiger partial charge < -0.3 is 20.3 Å². The fraction of sp³-hybridized carbons (Fsp3) is 0.910. The number of rotatable bonds is 62. The zero-order valence-corrected chi connectivity index (χ0v) is 49.4. The first-order chi connectivity index (χ1) is 36.0. The lowest BCUT2D eigenvalue weighted by molar-refractivity contribution is -0.143. The highest BCUT2D eigenvalue weighted by atomic mass is 16.5. The van der Waals surface area contributed by atoms with E-state index >= 15 is 0 Å². The van der Waals surface area contributed by atoms with Crippen molar-refractivity contribution in [1.82, 2.24) is 5.32 Å². The number of nitrogens with one attached hydrogen (secondary N) is 1. The first-order valence-corrected chi connectivity index (χ1v) is 33.1. The summed E-state index contributed by atoms with van der Waals surface area (Å²) >= 11 is 0. The van der Waals surface area contributed by atoms with Gasteiger partial charge in [0, 0.05) is 12.8 Å². The Labute approximate surface area is 456 Å². The molecule has 0 bridgehead atoms. The number of aliphatic hydroxyl groups is 2. The molecular formula is C67H129NO5. The Hall–Kier alpha value is -1.66. The van der Waals surface area contributed by atoms with Crippen molar-refractivity contribution in [2.24, 2.45) is 0 Å². The molecule has 73 heavy (non-hydrogen) atoms. The van der Waals surface area contributed by atoms with E-state index in [-0.39, 0.29) is 18.5 Å². The van der Waals surface area contributed by atoms with E-state index in [1.807, 2.05) is 0 Å². The van der Waals surface area contributed by atoms with E-state index in [1.165, 1.54) is 289 Å². The maximum absolute atomic E-state index is 12.5. The molecule has 0 aliphatic heterocycles. The Balaban J connectivity index is 3.42. The molecule has 0 aliphatic carbocycles. The third-order valence-electron chi connectivity index (χ3n) is 15.5. The summed E-state index contributed by atoms with van der Waals surface area (Å²) in [6.45, 7) is 4.97. The SMILES string of the molecule is CCCCCCCCC/C=C\CCCCCCCC(=O)OCCCCCCCCCCCC/C=C\CCCCCCCCCC(=O)NC(CO)C(O)CCCCCCCCCCCCCCCCCCCCC. The van der Waals surface area contributed by atoms with E-state index in [4.69, 9.17) is 4.74 Å². The van der Waals surface area contributed by atoms with Crippen molar-refractivity contribution in [3.63, 3.8) is 0 Å². The highest BCUT2D eigenvalue weighted by Gasteiger charge is 2.20. The van der Waals surface area contributed by atoms with Gasteiger partial charge in [-0.2, -0.15) is 0 Å². The molecule has 2 unspecified atom stereocenters. The summed E-state index contributed by atoms with van der Waals surface area (Å²) in [6, 6.07) is -0.548. The summed E-state index contributed by atoms with van der Waals surface area (Å²) < 4.78 is 5.49. The molecule has 0 radical (unpaired) electrons. The van der Waals surface area contributed by atoms with Gasteiger partial charge in [-0.25, -0.2) is 0 Å². The Morgan fingerprint density at radius 3 is 0.973 bits per heavy atom. The van der Waals surface area contributed by atoms with Gasteiger partial charge in [0.25, 0.3) is 0 Å². The number of hydrogen-bond donors (Lipinski definition) is 3. The fourth-order valence-corrected chi connectivity index (χ4v) is 10.4. The van der Waals surface area contributed by atoms with Crippen molar-refractivity contribution in [2.75, 3.05) is 13.2 Å². The molecule has 6 heteroatoms. The third-order valence-corrected chi connectivity index (χ3v) is 15.5. The van der Waals surface area contributed by atoms with Crippen molar-refractivity contribution >= 4 is 11.9 Å². The summed E-state index contributed by atoms with van der Waals surface area (Å²) in [5.41, 5.74) is 0. The number of ether oxygens (including phenoxy) is 1. The molecule has 0 saturated carbocycles. The van der Waals surface area contributed by atoms with Crippen LogP contribution < -0.4 is 5.32 Å². The van der Waals surface area contributed by atoms with Crippen molar-refractivity contribution < 1.29 is 24.5 Å². The maximum Gasteiger partial charge on any atom is 0.305 e. The van der Waals surface area contributed by atoms with Crippen molar-refractivity contribution in [3.05, 3.63) is 24.3 Å². The van der Waals surface area contributed by atoms with Crippen LogP contribution in [0.15, 0.2) is 24.3 Å². The predicted octanol–water partition coefficient (Wildman–Crippen LogP) is 21.0. The highest BCUT2D eigenvalue weighted by Crippen LogP contribution is 2.18. The largest absolute Gasteiger partial charge is 0.466 e. The van der Waals surface area contributed by atoms with E-state index in [1.54, 1.807) is 0 Å². The monoisotopic (exact) mass is 1030 g/mol. The van der Waals surface area contributed by atoms with Crippen LogP contribution in [-0.4, -0.2) is 47.4 Å². The van der Waals surface area contributed by atoms with Gasteiger partial charge in [0.05, 0.1) is 25.4 Å². The molecule has 0 saturated heterocycles. The van der Waals surface area contributed by atoms with Gasteiger partial charge >= 0.3 is 5.97 Å². The molecule has 0 spiro atoms. The Bertz CT molecular complexity index is 1140. The molecule has 0 aliphatic rings. The summed E-state index contributed by atoms with van der Waals surface area (Å²) in [5.74, 6) is -0.0380. The van der Waals surface area contributed by atoms with Gasteiger partial charge in [-0.1, -0.05) is 301 Å². The quantitative estimate of drug-likeness (QED) is 0.0320. The number of aliphatic hydroxyl groups excluding tert-OH is 2. The number of unbranched alkanes of at least 4 members (excludes halogenated alkanes) is 47. The molecule has 0 heterocycles. The standard InChI is InChI=1S/C67H129NO5/c1-3-5-7-9-11-13-15-17-19-21-25-28-31-35-39-43-47-51-55-59-65(70)64(63-69)68-66(71)60-56-52-48-44-40-36-32-29-26-23-22-24-27-30-34-38-42-46-50-54-58-62-73-67(72)61-57-53-49-45-41-37-33-20-18-16-14-12-10-8-6-4-2/h20,23,26,33,64-65,69-70H,3-19,21-22,24-25,27-32,34-63H2,1-2H3,(H,68,71)/b26-23-,33-20-. The molecule has 0 rings (SSSR count). The maximum atomic E-state index is 12.5. The van der Waals surface area contributed by atoms with Crippen LogP contribution in [-0.2, 0) is 14.3 Å². The van der Waals surface area contributed by atoms with Crippen molar-refractivity contribution in [2.45, 2.75) is 379 Å². The normalized spacial score (nSPS) is 12.7. The first kappa shape index (κ1) is 71.3. The summed E-state index contributed by atoms with van der Waals surface area (Å²) in [5, 5.41) is 23.4. The predicted molar refractivity (Wildman–Crippen MR) is 320 cm³/mol. The summed E-state index contributed by atoms with van der Waals surface area (Å²) in [7, 11) is 0. The van der Waals surface area contributed by atoms with Crippen molar-refractivity contribution in [1.29, 1.82) is 0 Å². The minimum atomic E-state index is -0.670. The number of esters is 1. The van der Waals surface area contributed by atoms with Crippen LogP contribution >= 0.6 is 0 Å². The van der Waals surface area contributed by atoms with Crippen LogP contribution in [0.1, 0.15) is 367 Å². The highest BCUT2D eigenvalue weighted by molar-refractivity contribution is 5.76. The average molecular weight is 1030 g/mol. The second-order valence-corrected chi connectivity index (χ2v) is 22.8. The fourth-order valence-electron chi connectivity index (χ4n) is 10.4. The van der Waals surface area contributed by atoms with Crippen LogP contribution in [0.2, 0.25) is 0 Å². The molecule has 1 amide bonds. The van der Waals surface area contributed by atoms with Crippen LogP contribution in [0, 0.1) is 0 Å². The molecule has 432 valence electrons. The van der Waals surface area contributed by atoms with Crippen LogP contribution in [0.25, 0.3) is 0 Å². The zero-order chi connectivity index (χ0) is 52.9. The topological polar surface area (TPSA) is 95.9 Å².